The van der Waals surface area contributed by atoms with Crippen molar-refractivity contribution in [3.8, 4) is 11.5 Å². The largest absolute Gasteiger partial charge is 0.495 e. The molecule has 0 bridgehead atoms. The highest BCUT2D eigenvalue weighted by Crippen LogP contribution is 2.28. The Kier molecular flexibility index (Phi) is 10.1. The summed E-state index contributed by atoms with van der Waals surface area (Å²) >= 11 is 0. The molecule has 0 aliphatic rings. The van der Waals surface area contributed by atoms with Gasteiger partial charge >= 0.3 is 5.97 Å². The van der Waals surface area contributed by atoms with Gasteiger partial charge in [-0.25, -0.2) is 4.79 Å². The van der Waals surface area contributed by atoms with Crippen LogP contribution in [0.15, 0.2) is 116 Å². The standard InChI is InChI=1S/C34H32N2O6/c1-3-32(37)36(30-15-9-10-16-31(30)41-2)21-22-42-26-19-17-24(18-20-26)23-29(34(39)40)35-28-14-8-7-13-27(28)33(38)25-11-5-4-6-12-25/h3-20,29,35H,1,21-23H2,2H3,(H,39,40)/t29-/m0/s1. The maximum absolute atomic E-state index is 13.1. The average molecular weight is 565 g/mol. The number of para-hydroxylation sites is 3. The SMILES string of the molecule is C=CC(=O)N(CCOc1ccc(C[C@H](Nc2ccccc2C(=O)c2ccccc2)C(=O)O)cc1)c1ccccc1OC. The number of aliphatic carboxylic acids is 1. The van der Waals surface area contributed by atoms with E-state index in [2.05, 4.69) is 11.9 Å². The normalized spacial score (nSPS) is 11.2. The van der Waals surface area contributed by atoms with E-state index in [1.54, 1.807) is 92.0 Å². The van der Waals surface area contributed by atoms with Crippen LogP contribution in [0, 0.1) is 0 Å². The van der Waals surface area contributed by atoms with Gasteiger partial charge < -0.3 is 24.8 Å². The molecule has 1 atom stereocenters. The third-order valence-electron chi connectivity index (χ3n) is 6.60. The predicted molar refractivity (Wildman–Crippen MR) is 163 cm³/mol. The fraction of sp³-hybridized carbons (Fsp3) is 0.147. The summed E-state index contributed by atoms with van der Waals surface area (Å²) in [4.78, 5) is 39.3. The topological polar surface area (TPSA) is 105 Å². The lowest BCUT2D eigenvalue weighted by Crippen LogP contribution is -2.33. The van der Waals surface area contributed by atoms with E-state index in [1.807, 2.05) is 18.2 Å². The van der Waals surface area contributed by atoms with Crippen LogP contribution in [-0.2, 0) is 16.0 Å². The Morgan fingerprint density at radius 3 is 2.26 bits per heavy atom. The zero-order chi connectivity index (χ0) is 29.9. The molecule has 0 unspecified atom stereocenters. The van der Waals surface area contributed by atoms with Crippen LogP contribution in [0.5, 0.6) is 11.5 Å². The summed E-state index contributed by atoms with van der Waals surface area (Å²) in [5, 5.41) is 13.0. The summed E-state index contributed by atoms with van der Waals surface area (Å²) in [6, 6.07) is 29.1. The fourth-order valence-corrected chi connectivity index (χ4v) is 4.46. The number of rotatable bonds is 14. The summed E-state index contributed by atoms with van der Waals surface area (Å²) in [6.45, 7) is 4.07. The maximum Gasteiger partial charge on any atom is 0.326 e. The van der Waals surface area contributed by atoms with E-state index in [1.165, 1.54) is 11.0 Å². The number of amides is 1. The van der Waals surface area contributed by atoms with Gasteiger partial charge in [0.15, 0.2) is 5.78 Å². The number of ether oxygens (including phenoxy) is 2. The van der Waals surface area contributed by atoms with Crippen LogP contribution in [-0.4, -0.2) is 49.1 Å². The minimum absolute atomic E-state index is 0.179. The van der Waals surface area contributed by atoms with Gasteiger partial charge in [-0.3, -0.25) is 9.59 Å². The number of carboxylic acids is 1. The van der Waals surface area contributed by atoms with Gasteiger partial charge in [0.1, 0.15) is 24.1 Å². The fourth-order valence-electron chi connectivity index (χ4n) is 4.46. The van der Waals surface area contributed by atoms with Crippen LogP contribution in [0.3, 0.4) is 0 Å². The molecule has 0 fully saturated rings. The number of hydrogen-bond donors (Lipinski definition) is 2. The number of benzene rings is 4. The van der Waals surface area contributed by atoms with Crippen molar-refractivity contribution >= 4 is 29.0 Å². The third kappa shape index (κ3) is 7.42. The highest BCUT2D eigenvalue weighted by molar-refractivity contribution is 6.12. The number of carboxylic acid groups (broad SMARTS) is 1. The van der Waals surface area contributed by atoms with Crippen molar-refractivity contribution in [3.05, 3.63) is 132 Å². The molecule has 0 radical (unpaired) electrons. The van der Waals surface area contributed by atoms with Gasteiger partial charge in [0.25, 0.3) is 5.91 Å². The Bertz CT molecular complexity index is 1540. The second-order valence-electron chi connectivity index (χ2n) is 9.34. The molecule has 0 aromatic heterocycles. The smallest absolute Gasteiger partial charge is 0.326 e. The summed E-state index contributed by atoms with van der Waals surface area (Å²) < 4.78 is 11.3. The Hall–Kier alpha value is -5.37. The number of nitrogens with one attached hydrogen (secondary N) is 1. The summed E-state index contributed by atoms with van der Waals surface area (Å²) in [5.41, 5.74) is 2.76. The number of ketones is 1. The molecule has 4 aromatic rings. The molecule has 0 aliphatic heterocycles. The first-order chi connectivity index (χ1) is 20.4. The molecule has 214 valence electrons. The first-order valence-electron chi connectivity index (χ1n) is 13.4. The van der Waals surface area contributed by atoms with Gasteiger partial charge in [-0.1, -0.05) is 73.3 Å². The van der Waals surface area contributed by atoms with Gasteiger partial charge in [0, 0.05) is 23.2 Å². The Labute approximate surface area is 244 Å². The lowest BCUT2D eigenvalue weighted by molar-refractivity contribution is -0.137. The van der Waals surface area contributed by atoms with E-state index < -0.39 is 12.0 Å². The van der Waals surface area contributed by atoms with E-state index >= 15 is 0 Å². The van der Waals surface area contributed by atoms with Crippen molar-refractivity contribution in [3.63, 3.8) is 0 Å². The first kappa shape index (κ1) is 29.6. The van der Waals surface area contributed by atoms with Crippen LogP contribution >= 0.6 is 0 Å². The van der Waals surface area contributed by atoms with Crippen LogP contribution in [0.2, 0.25) is 0 Å². The number of nitrogens with zero attached hydrogens (tertiary/aromatic N) is 1. The molecule has 0 saturated carbocycles. The summed E-state index contributed by atoms with van der Waals surface area (Å²) in [6.07, 6.45) is 1.42. The van der Waals surface area contributed by atoms with Crippen molar-refractivity contribution in [2.45, 2.75) is 12.5 Å². The lowest BCUT2D eigenvalue weighted by atomic mass is 10.00. The first-order valence-corrected chi connectivity index (χ1v) is 13.4. The molecule has 8 heteroatoms. The second kappa shape index (κ2) is 14.3. The van der Waals surface area contributed by atoms with E-state index in [9.17, 15) is 19.5 Å². The third-order valence-corrected chi connectivity index (χ3v) is 6.60. The van der Waals surface area contributed by atoms with Gasteiger partial charge in [-0.05, 0) is 48.0 Å². The minimum Gasteiger partial charge on any atom is -0.495 e. The Balaban J connectivity index is 1.40. The molecule has 0 saturated heterocycles. The molecular formula is C34H32N2O6. The molecule has 1 amide bonds. The molecule has 8 nitrogen and oxygen atoms in total. The molecule has 4 aromatic carbocycles. The number of carbonyl (C=O) groups excluding carboxylic acids is 2. The molecule has 0 aliphatic carbocycles. The van der Waals surface area contributed by atoms with E-state index in [-0.39, 0.29) is 31.3 Å². The second-order valence-corrected chi connectivity index (χ2v) is 9.34. The minimum atomic E-state index is -1.04. The molecule has 4 rings (SSSR count). The van der Waals surface area contributed by atoms with Crippen molar-refractivity contribution in [1.29, 1.82) is 0 Å². The average Bonchev–Trinajstić information content (AvgIpc) is 3.03. The van der Waals surface area contributed by atoms with Crippen LogP contribution in [0.4, 0.5) is 11.4 Å². The van der Waals surface area contributed by atoms with Crippen molar-refractivity contribution in [2.24, 2.45) is 0 Å². The van der Waals surface area contributed by atoms with Crippen LogP contribution < -0.4 is 19.7 Å². The lowest BCUT2D eigenvalue weighted by Gasteiger charge is -2.23. The van der Waals surface area contributed by atoms with Crippen molar-refractivity contribution in [2.75, 3.05) is 30.5 Å². The number of carbonyl (C=O) groups is 3. The van der Waals surface area contributed by atoms with Gasteiger partial charge in [-0.15, -0.1) is 0 Å². The van der Waals surface area contributed by atoms with Gasteiger partial charge in [-0.2, -0.15) is 0 Å². The number of hydrogen-bond acceptors (Lipinski definition) is 6. The maximum atomic E-state index is 13.1. The number of anilines is 2. The predicted octanol–water partition coefficient (Wildman–Crippen LogP) is 5.63. The molecule has 42 heavy (non-hydrogen) atoms. The number of methoxy groups -OCH3 is 1. The summed E-state index contributed by atoms with van der Waals surface area (Å²) in [7, 11) is 1.54. The monoisotopic (exact) mass is 564 g/mol. The molecule has 2 N–H and O–H groups in total. The highest BCUT2D eigenvalue weighted by Gasteiger charge is 2.22. The summed E-state index contributed by atoms with van der Waals surface area (Å²) in [5.74, 6) is -0.379. The van der Waals surface area contributed by atoms with Crippen LogP contribution in [0.25, 0.3) is 0 Å². The quantitative estimate of drug-likeness (QED) is 0.151. The van der Waals surface area contributed by atoms with E-state index in [0.717, 1.165) is 5.56 Å². The zero-order valence-corrected chi connectivity index (χ0v) is 23.2. The van der Waals surface area contributed by atoms with Gasteiger partial charge in [0.2, 0.25) is 0 Å². The van der Waals surface area contributed by atoms with Crippen LogP contribution in [0.1, 0.15) is 21.5 Å². The van der Waals surface area contributed by atoms with E-state index in [4.69, 9.17) is 9.47 Å². The van der Waals surface area contributed by atoms with Crippen molar-refractivity contribution in [1.82, 2.24) is 0 Å². The van der Waals surface area contributed by atoms with Crippen molar-refractivity contribution < 1.29 is 29.0 Å². The Morgan fingerprint density at radius 1 is 0.905 bits per heavy atom. The highest BCUT2D eigenvalue weighted by atomic mass is 16.5. The Morgan fingerprint density at radius 2 is 1.57 bits per heavy atom. The molecular weight excluding hydrogens is 532 g/mol. The molecule has 0 spiro atoms. The van der Waals surface area contributed by atoms with Gasteiger partial charge in [0.05, 0.1) is 19.3 Å². The van der Waals surface area contributed by atoms with E-state index in [0.29, 0.717) is 34.0 Å². The molecule has 0 heterocycles. The zero-order valence-electron chi connectivity index (χ0n) is 23.2.